The van der Waals surface area contributed by atoms with Crippen LogP contribution in [0.1, 0.15) is 31.4 Å². The van der Waals surface area contributed by atoms with Gasteiger partial charge in [0.15, 0.2) is 5.96 Å². The Bertz CT molecular complexity index is 1060. The first-order valence-corrected chi connectivity index (χ1v) is 9.69. The monoisotopic (exact) mass is 404 g/mol. The molecular weight excluding hydrogens is 380 g/mol. The Balaban J connectivity index is 2.09. The number of hydrogen-bond acceptors (Lipinski definition) is 6. The summed E-state index contributed by atoms with van der Waals surface area (Å²) in [6.07, 6.45) is -0.0988. The second kappa shape index (κ2) is 8.37. The minimum absolute atomic E-state index is 0.0967. The molecular formula is C23H24N4O3. The van der Waals surface area contributed by atoms with Gasteiger partial charge in [0.1, 0.15) is 0 Å². The Hall–Kier alpha value is -3.66. The zero-order valence-corrected chi connectivity index (χ0v) is 17.3. The highest BCUT2D eigenvalue weighted by atomic mass is 16.5. The van der Waals surface area contributed by atoms with Crippen molar-refractivity contribution in [3.05, 3.63) is 59.7 Å². The van der Waals surface area contributed by atoms with Crippen molar-refractivity contribution in [3.8, 4) is 17.2 Å². The van der Waals surface area contributed by atoms with Gasteiger partial charge < -0.3 is 10.5 Å². The number of esters is 1. The van der Waals surface area contributed by atoms with Gasteiger partial charge in [-0.25, -0.2) is 4.99 Å². The van der Waals surface area contributed by atoms with E-state index in [0.717, 1.165) is 16.7 Å². The average molecular weight is 404 g/mol. The van der Waals surface area contributed by atoms with Crippen LogP contribution in [0, 0.1) is 17.2 Å². The van der Waals surface area contributed by atoms with E-state index >= 15 is 0 Å². The van der Waals surface area contributed by atoms with E-state index in [-0.39, 0.29) is 24.9 Å². The van der Waals surface area contributed by atoms with Crippen LogP contribution in [-0.4, -0.2) is 36.4 Å². The predicted octanol–water partition coefficient (Wildman–Crippen LogP) is 2.80. The highest BCUT2D eigenvalue weighted by Gasteiger charge is 2.47. The zero-order chi connectivity index (χ0) is 21.9. The summed E-state index contributed by atoms with van der Waals surface area (Å²) < 4.78 is 5.08. The van der Waals surface area contributed by atoms with Crippen LogP contribution in [0.3, 0.4) is 0 Å². The van der Waals surface area contributed by atoms with Crippen molar-refractivity contribution in [2.45, 2.75) is 25.8 Å². The molecule has 1 amide bonds. The van der Waals surface area contributed by atoms with E-state index < -0.39 is 17.4 Å². The number of nitriles is 1. The molecule has 3 rings (SSSR count). The van der Waals surface area contributed by atoms with E-state index in [4.69, 9.17) is 10.5 Å². The summed E-state index contributed by atoms with van der Waals surface area (Å²) >= 11 is 0. The first kappa shape index (κ1) is 21.1. The molecule has 0 fully saturated rings. The summed E-state index contributed by atoms with van der Waals surface area (Å²) in [4.78, 5) is 31.1. The van der Waals surface area contributed by atoms with Crippen molar-refractivity contribution < 1.29 is 14.3 Å². The van der Waals surface area contributed by atoms with E-state index in [1.54, 1.807) is 33.0 Å². The first-order valence-electron chi connectivity index (χ1n) is 9.69. The topological polar surface area (TPSA) is 109 Å². The summed E-state index contributed by atoms with van der Waals surface area (Å²) in [7, 11) is 1.54. The molecule has 30 heavy (non-hydrogen) atoms. The molecule has 2 aromatic rings. The number of benzene rings is 2. The van der Waals surface area contributed by atoms with Gasteiger partial charge in [0.2, 0.25) is 5.91 Å². The van der Waals surface area contributed by atoms with Gasteiger partial charge in [-0.15, -0.1) is 0 Å². The molecule has 154 valence electrons. The molecule has 0 bridgehead atoms. The van der Waals surface area contributed by atoms with Crippen LogP contribution in [0.4, 0.5) is 0 Å². The van der Waals surface area contributed by atoms with Crippen molar-refractivity contribution in [2.75, 3.05) is 13.7 Å². The van der Waals surface area contributed by atoms with Crippen molar-refractivity contribution >= 4 is 17.8 Å². The number of carbonyl (C=O) groups is 2. The van der Waals surface area contributed by atoms with Crippen LogP contribution < -0.4 is 5.73 Å². The second-order valence-corrected chi connectivity index (χ2v) is 7.35. The Labute approximate surface area is 175 Å². The van der Waals surface area contributed by atoms with E-state index in [1.807, 2.05) is 36.4 Å². The zero-order valence-electron chi connectivity index (χ0n) is 17.3. The van der Waals surface area contributed by atoms with Gasteiger partial charge in [-0.05, 0) is 48.7 Å². The molecule has 0 spiro atoms. The largest absolute Gasteiger partial charge is 0.466 e. The summed E-state index contributed by atoms with van der Waals surface area (Å²) in [5.74, 6) is -1.40. The molecule has 2 atom stereocenters. The van der Waals surface area contributed by atoms with E-state index in [2.05, 4.69) is 11.1 Å². The maximum absolute atomic E-state index is 13.0. The summed E-state index contributed by atoms with van der Waals surface area (Å²) in [6.45, 7) is 3.77. The average Bonchev–Trinajstić information content (AvgIpc) is 2.75. The fraction of sp³-hybridized carbons (Fsp3) is 0.304. The Morgan fingerprint density at radius 2 is 1.93 bits per heavy atom. The number of guanidine groups is 1. The molecule has 1 aliphatic heterocycles. The third kappa shape index (κ3) is 3.90. The molecule has 0 unspecified atom stereocenters. The predicted molar refractivity (Wildman–Crippen MR) is 113 cm³/mol. The third-order valence-corrected chi connectivity index (χ3v) is 5.45. The van der Waals surface area contributed by atoms with Crippen molar-refractivity contribution in [2.24, 2.45) is 16.6 Å². The number of aliphatic imine (C=N–C) groups is 1. The molecule has 0 radical (unpaired) electrons. The number of amides is 1. The van der Waals surface area contributed by atoms with Gasteiger partial charge in [-0.2, -0.15) is 5.26 Å². The number of nitrogens with two attached hydrogens (primary N) is 1. The van der Waals surface area contributed by atoms with Crippen molar-refractivity contribution in [1.82, 2.24) is 4.90 Å². The highest BCUT2D eigenvalue weighted by molar-refractivity contribution is 6.01. The quantitative estimate of drug-likeness (QED) is 0.771. The minimum atomic E-state index is -1.04. The van der Waals surface area contributed by atoms with Crippen LogP contribution in [0.25, 0.3) is 11.1 Å². The van der Waals surface area contributed by atoms with Gasteiger partial charge in [0, 0.05) is 7.05 Å². The Kier molecular flexibility index (Phi) is 5.88. The molecule has 2 aromatic carbocycles. The molecule has 2 N–H and O–H groups in total. The van der Waals surface area contributed by atoms with Crippen molar-refractivity contribution in [1.29, 1.82) is 5.26 Å². The lowest BCUT2D eigenvalue weighted by Gasteiger charge is -2.40. The van der Waals surface area contributed by atoms with Crippen LogP contribution in [-0.2, 0) is 19.9 Å². The molecule has 7 heteroatoms. The highest BCUT2D eigenvalue weighted by Crippen LogP contribution is 2.41. The number of carbonyl (C=O) groups excluding carboxylic acids is 2. The van der Waals surface area contributed by atoms with Crippen LogP contribution >= 0.6 is 0 Å². The van der Waals surface area contributed by atoms with Crippen LogP contribution in [0.15, 0.2) is 53.5 Å². The SMILES string of the molecule is CCOC(=O)C[C@@H]1C(=O)N(C)C(N)=N[C@]1(C)c1cccc(-c2cccc(C#N)c2)c1. The van der Waals surface area contributed by atoms with Crippen LogP contribution in [0.2, 0.25) is 0 Å². The van der Waals surface area contributed by atoms with E-state index in [9.17, 15) is 14.9 Å². The Morgan fingerprint density at radius 3 is 2.60 bits per heavy atom. The fourth-order valence-electron chi connectivity index (χ4n) is 3.70. The maximum Gasteiger partial charge on any atom is 0.306 e. The molecule has 1 heterocycles. The number of hydrogen-bond donors (Lipinski definition) is 1. The lowest BCUT2D eigenvalue weighted by Crippen LogP contribution is -2.54. The number of nitrogens with zero attached hydrogens (tertiary/aromatic N) is 3. The normalized spacial score (nSPS) is 21.0. The third-order valence-electron chi connectivity index (χ3n) is 5.45. The van der Waals surface area contributed by atoms with E-state index in [1.165, 1.54) is 4.90 Å². The molecule has 1 aliphatic rings. The van der Waals surface area contributed by atoms with Crippen molar-refractivity contribution in [3.63, 3.8) is 0 Å². The molecule has 7 nitrogen and oxygen atoms in total. The summed E-state index contributed by atoms with van der Waals surface area (Å²) in [5, 5.41) is 9.19. The second-order valence-electron chi connectivity index (χ2n) is 7.35. The summed E-state index contributed by atoms with van der Waals surface area (Å²) in [6, 6.07) is 17.0. The summed E-state index contributed by atoms with van der Waals surface area (Å²) in [5.41, 5.74) is 8.04. The number of ether oxygens (including phenoxy) is 1. The smallest absolute Gasteiger partial charge is 0.306 e. The lowest BCUT2D eigenvalue weighted by molar-refractivity contribution is -0.149. The molecule has 0 aromatic heterocycles. The van der Waals surface area contributed by atoms with Gasteiger partial charge in [0.05, 0.1) is 36.1 Å². The van der Waals surface area contributed by atoms with Gasteiger partial charge >= 0.3 is 5.97 Å². The van der Waals surface area contributed by atoms with Gasteiger partial charge in [-0.3, -0.25) is 14.5 Å². The maximum atomic E-state index is 13.0. The van der Waals surface area contributed by atoms with Gasteiger partial charge in [0.25, 0.3) is 0 Å². The number of rotatable bonds is 5. The van der Waals surface area contributed by atoms with Crippen LogP contribution in [0.5, 0.6) is 0 Å². The molecule has 0 saturated heterocycles. The van der Waals surface area contributed by atoms with Gasteiger partial charge in [-0.1, -0.05) is 30.3 Å². The first-order chi connectivity index (χ1) is 14.3. The standard InChI is InChI=1S/C23H24N4O3/c1-4-30-20(28)13-19-21(29)27(3)22(25)26-23(19,2)18-10-6-9-17(12-18)16-8-5-7-15(11-16)14-24/h5-12,19H,4,13H2,1-3H3,(H2,25,26)/t19-,23-/m1/s1. The lowest BCUT2D eigenvalue weighted by atomic mass is 9.75. The Morgan fingerprint density at radius 1 is 1.27 bits per heavy atom. The minimum Gasteiger partial charge on any atom is -0.466 e. The fourth-order valence-corrected chi connectivity index (χ4v) is 3.70. The molecule has 0 aliphatic carbocycles. The van der Waals surface area contributed by atoms with E-state index in [0.29, 0.717) is 5.56 Å². The molecule has 0 saturated carbocycles.